The van der Waals surface area contributed by atoms with Crippen LogP contribution >= 0.6 is 11.3 Å². The number of nitrogens with zero attached hydrogens (tertiary/aromatic N) is 3. The van der Waals surface area contributed by atoms with E-state index in [1.54, 1.807) is 0 Å². The summed E-state index contributed by atoms with van der Waals surface area (Å²) < 4.78 is 59.4. The highest BCUT2D eigenvalue weighted by Gasteiger charge is 2.41. The number of hydrogen-bond acceptors (Lipinski definition) is 7. The van der Waals surface area contributed by atoms with Crippen LogP contribution in [-0.4, -0.2) is 60.9 Å². The summed E-state index contributed by atoms with van der Waals surface area (Å²) in [6.07, 6.45) is -3.31. The van der Waals surface area contributed by atoms with Crippen LogP contribution < -0.4 is 4.90 Å². The van der Waals surface area contributed by atoms with Crippen LogP contribution in [0.2, 0.25) is 0 Å². The number of rotatable bonds is 12. The molecule has 0 radical (unpaired) electrons. The lowest BCUT2D eigenvalue weighted by atomic mass is 9.98. The van der Waals surface area contributed by atoms with E-state index in [1.807, 2.05) is 59.5 Å². The normalized spacial score (nSPS) is 21.4. The zero-order chi connectivity index (χ0) is 31.1. The van der Waals surface area contributed by atoms with Crippen LogP contribution in [0.3, 0.4) is 0 Å². The first kappa shape index (κ1) is 31.7. The Morgan fingerprint density at radius 3 is 1.71 bits per heavy atom. The molecule has 2 aliphatic rings. The molecule has 3 aromatic carbocycles. The lowest BCUT2D eigenvalue weighted by molar-refractivity contribution is -0.185. The molecule has 0 bridgehead atoms. The number of benzene rings is 3. The third-order valence-corrected chi connectivity index (χ3v) is 9.46. The highest BCUT2D eigenvalue weighted by molar-refractivity contribution is 7.15. The van der Waals surface area contributed by atoms with Crippen molar-refractivity contribution < 1.29 is 27.4 Å². The van der Waals surface area contributed by atoms with Crippen LogP contribution in [0, 0.1) is 5.92 Å². The van der Waals surface area contributed by atoms with Gasteiger partial charge in [0.25, 0.3) is 0 Å². The van der Waals surface area contributed by atoms with Crippen molar-refractivity contribution in [3.63, 3.8) is 0 Å². The monoisotopic (exact) mass is 637 g/mol. The molecule has 0 amide bonds. The standard InChI is InChI=1S/C35H38F3N3O3S/c36-35(37,38)32-18-39-34(45-32)41-17-16-29(20-41)19-40-21-30(42-23-26-10-4-1-5-11-26)33(44-25-28-14-8-3-9-15-28)31(22-40)43-24-27-12-6-2-7-13-27/h1-15,18,29-31,33H,16-17,19-25H2/t29-,30-,31-/m1/s1. The van der Waals surface area contributed by atoms with Crippen molar-refractivity contribution in [1.29, 1.82) is 0 Å². The van der Waals surface area contributed by atoms with Crippen molar-refractivity contribution in [2.45, 2.75) is 50.7 Å². The molecule has 1 aromatic heterocycles. The van der Waals surface area contributed by atoms with Crippen LogP contribution in [0.15, 0.2) is 97.2 Å². The number of piperidine rings is 1. The van der Waals surface area contributed by atoms with E-state index in [2.05, 4.69) is 46.3 Å². The van der Waals surface area contributed by atoms with Gasteiger partial charge < -0.3 is 19.1 Å². The summed E-state index contributed by atoms with van der Waals surface area (Å²) in [5.74, 6) is 0.287. The number of anilines is 1. The Balaban J connectivity index is 1.17. The van der Waals surface area contributed by atoms with Gasteiger partial charge in [-0.1, -0.05) is 102 Å². The average Bonchev–Trinajstić information content (AvgIpc) is 3.74. The Morgan fingerprint density at radius 2 is 1.22 bits per heavy atom. The van der Waals surface area contributed by atoms with Crippen molar-refractivity contribution in [3.8, 4) is 0 Å². The molecule has 3 atom stereocenters. The molecule has 10 heteroatoms. The maximum absolute atomic E-state index is 13.2. The van der Waals surface area contributed by atoms with Gasteiger partial charge in [-0.15, -0.1) is 0 Å². The number of hydrogen-bond donors (Lipinski definition) is 0. The van der Waals surface area contributed by atoms with Crippen LogP contribution in [0.4, 0.5) is 18.3 Å². The minimum absolute atomic E-state index is 0.241. The first-order chi connectivity index (χ1) is 21.9. The first-order valence-corrected chi connectivity index (χ1v) is 16.2. The summed E-state index contributed by atoms with van der Waals surface area (Å²) >= 11 is 0.719. The largest absolute Gasteiger partial charge is 0.427 e. The molecule has 0 saturated carbocycles. The van der Waals surface area contributed by atoms with E-state index in [1.165, 1.54) is 0 Å². The topological polar surface area (TPSA) is 47.1 Å². The van der Waals surface area contributed by atoms with Crippen molar-refractivity contribution in [2.24, 2.45) is 5.92 Å². The molecule has 238 valence electrons. The van der Waals surface area contributed by atoms with Gasteiger partial charge >= 0.3 is 6.18 Å². The summed E-state index contributed by atoms with van der Waals surface area (Å²) in [7, 11) is 0. The molecule has 4 aromatic rings. The smallest absolute Gasteiger partial charge is 0.369 e. The highest BCUT2D eigenvalue weighted by atomic mass is 32.1. The van der Waals surface area contributed by atoms with E-state index in [0.717, 1.165) is 47.2 Å². The summed E-state index contributed by atoms with van der Waals surface area (Å²) in [6, 6.07) is 30.4. The summed E-state index contributed by atoms with van der Waals surface area (Å²) in [6.45, 7) is 4.85. The maximum Gasteiger partial charge on any atom is 0.427 e. The number of likely N-dealkylation sites (tertiary alicyclic amines) is 1. The Kier molecular flexibility index (Phi) is 10.5. The predicted octanol–water partition coefficient (Wildman–Crippen LogP) is 7.06. The molecule has 3 heterocycles. The second kappa shape index (κ2) is 14.9. The minimum atomic E-state index is -4.37. The van der Waals surface area contributed by atoms with Gasteiger partial charge in [-0.25, -0.2) is 4.98 Å². The zero-order valence-corrected chi connectivity index (χ0v) is 25.8. The van der Waals surface area contributed by atoms with Crippen LogP contribution in [0.5, 0.6) is 0 Å². The third kappa shape index (κ3) is 8.71. The van der Waals surface area contributed by atoms with E-state index in [9.17, 15) is 13.2 Å². The molecule has 6 nitrogen and oxygen atoms in total. The third-order valence-electron chi connectivity index (χ3n) is 8.35. The van der Waals surface area contributed by atoms with E-state index in [4.69, 9.17) is 14.2 Å². The quantitative estimate of drug-likeness (QED) is 0.166. The van der Waals surface area contributed by atoms with Crippen molar-refractivity contribution in [1.82, 2.24) is 9.88 Å². The number of aromatic nitrogens is 1. The Bertz CT molecular complexity index is 1410. The van der Waals surface area contributed by atoms with E-state index >= 15 is 0 Å². The molecule has 0 aliphatic carbocycles. The molecule has 2 aliphatic heterocycles. The molecule has 2 saturated heterocycles. The van der Waals surface area contributed by atoms with E-state index in [0.29, 0.717) is 51.1 Å². The van der Waals surface area contributed by atoms with Crippen LogP contribution in [0.25, 0.3) is 0 Å². The van der Waals surface area contributed by atoms with Gasteiger partial charge in [-0.05, 0) is 29.0 Å². The number of halogens is 3. The van der Waals surface area contributed by atoms with Crippen LogP contribution in [0.1, 0.15) is 28.0 Å². The summed E-state index contributed by atoms with van der Waals surface area (Å²) in [4.78, 5) is 7.79. The van der Waals surface area contributed by atoms with Crippen molar-refractivity contribution >= 4 is 16.5 Å². The number of thiazole rings is 1. The Labute approximate surface area is 266 Å². The number of ether oxygens (including phenoxy) is 3. The fourth-order valence-electron chi connectivity index (χ4n) is 6.07. The summed E-state index contributed by atoms with van der Waals surface area (Å²) in [5.41, 5.74) is 3.27. The molecule has 6 rings (SSSR count). The molecule has 45 heavy (non-hydrogen) atoms. The van der Waals surface area contributed by atoms with Gasteiger partial charge in [0.15, 0.2) is 5.13 Å². The minimum Gasteiger partial charge on any atom is -0.369 e. The predicted molar refractivity (Wildman–Crippen MR) is 169 cm³/mol. The van der Waals surface area contributed by atoms with Gasteiger partial charge in [0, 0.05) is 32.7 Å². The van der Waals surface area contributed by atoms with E-state index in [-0.39, 0.29) is 24.2 Å². The second-order valence-corrected chi connectivity index (χ2v) is 12.8. The molecule has 0 spiro atoms. The van der Waals surface area contributed by atoms with Crippen molar-refractivity contribution in [3.05, 3.63) is 119 Å². The molecular weight excluding hydrogens is 599 g/mol. The fraction of sp³-hybridized carbons (Fsp3) is 0.400. The highest BCUT2D eigenvalue weighted by Crippen LogP contribution is 2.38. The second-order valence-electron chi connectivity index (χ2n) is 11.8. The first-order valence-electron chi connectivity index (χ1n) is 15.4. The lowest BCUT2D eigenvalue weighted by Crippen LogP contribution is -2.58. The number of alkyl halides is 3. The van der Waals surface area contributed by atoms with Crippen LogP contribution in [-0.2, 0) is 40.2 Å². The molecule has 0 unspecified atom stereocenters. The van der Waals surface area contributed by atoms with Gasteiger partial charge in [-0.2, -0.15) is 13.2 Å². The molecule has 0 N–H and O–H groups in total. The maximum atomic E-state index is 13.2. The lowest BCUT2D eigenvalue weighted by Gasteiger charge is -2.43. The summed E-state index contributed by atoms with van der Waals surface area (Å²) in [5, 5.41) is 0.436. The average molecular weight is 638 g/mol. The van der Waals surface area contributed by atoms with Gasteiger partial charge in [0.1, 0.15) is 11.0 Å². The van der Waals surface area contributed by atoms with E-state index < -0.39 is 11.1 Å². The Hall–Kier alpha value is -3.28. The molecular formula is C35H38F3N3O3S. The fourth-order valence-corrected chi connectivity index (χ4v) is 6.89. The van der Waals surface area contributed by atoms with Gasteiger partial charge in [-0.3, -0.25) is 4.90 Å². The molecule has 2 fully saturated rings. The zero-order valence-electron chi connectivity index (χ0n) is 25.0. The SMILES string of the molecule is FC(F)(F)c1cnc(N2CC[C@H](CN3C[C@@H](OCc4ccccc4)C(OCc4ccccc4)[C@H](OCc4ccccc4)C3)C2)s1. The Morgan fingerprint density at radius 1 is 0.711 bits per heavy atom. The van der Waals surface area contributed by atoms with Gasteiger partial charge in [0.05, 0.1) is 38.2 Å². The van der Waals surface area contributed by atoms with Gasteiger partial charge in [0.2, 0.25) is 0 Å². The van der Waals surface area contributed by atoms with Crippen molar-refractivity contribution in [2.75, 3.05) is 37.6 Å².